The second-order valence-corrected chi connectivity index (χ2v) is 4.72. The van der Waals surface area contributed by atoms with Crippen molar-refractivity contribution in [2.75, 3.05) is 13.6 Å². The van der Waals surface area contributed by atoms with Crippen molar-refractivity contribution in [1.29, 1.82) is 0 Å². The zero-order chi connectivity index (χ0) is 16.4. The minimum absolute atomic E-state index is 0.269. The van der Waals surface area contributed by atoms with E-state index in [9.17, 15) is 9.59 Å². The Balaban J connectivity index is 4.27. The van der Waals surface area contributed by atoms with Crippen LogP contribution in [0.3, 0.4) is 0 Å². The molecule has 0 aromatic carbocycles. The van der Waals surface area contributed by atoms with Crippen LogP contribution in [-0.4, -0.2) is 42.6 Å². The summed E-state index contributed by atoms with van der Waals surface area (Å²) in [6, 6.07) is 0. The second-order valence-electron chi connectivity index (χ2n) is 4.72. The van der Waals surface area contributed by atoms with Crippen molar-refractivity contribution in [1.82, 2.24) is 4.90 Å². The summed E-state index contributed by atoms with van der Waals surface area (Å²) < 4.78 is 9.97. The lowest BCUT2D eigenvalue weighted by Crippen LogP contribution is -2.33. The van der Waals surface area contributed by atoms with Crippen LogP contribution in [0.2, 0.25) is 0 Å². The number of nitrogens with zero attached hydrogens (tertiary/aromatic N) is 2. The largest absolute Gasteiger partial charge is 0.425 e. The van der Waals surface area contributed by atoms with Gasteiger partial charge in [0.25, 0.3) is 0 Å². The highest BCUT2D eigenvalue weighted by molar-refractivity contribution is 5.95. The van der Waals surface area contributed by atoms with Crippen molar-refractivity contribution in [2.24, 2.45) is 10.9 Å². The van der Waals surface area contributed by atoms with Gasteiger partial charge in [-0.2, -0.15) is 0 Å². The molecule has 21 heavy (non-hydrogen) atoms. The van der Waals surface area contributed by atoms with E-state index in [-0.39, 0.29) is 5.92 Å². The first-order chi connectivity index (χ1) is 9.81. The minimum Gasteiger partial charge on any atom is -0.425 e. The van der Waals surface area contributed by atoms with Gasteiger partial charge in [0.05, 0.1) is 5.92 Å². The number of esters is 1. The van der Waals surface area contributed by atoms with E-state index in [0.717, 1.165) is 5.71 Å². The molecule has 0 radical (unpaired) electrons. The maximum absolute atomic E-state index is 11.8. The van der Waals surface area contributed by atoms with Crippen molar-refractivity contribution < 1.29 is 19.1 Å². The molecule has 0 fully saturated rings. The molecule has 0 saturated heterocycles. The highest BCUT2D eigenvalue weighted by Gasteiger charge is 2.18. The normalized spacial score (nSPS) is 12.5. The summed E-state index contributed by atoms with van der Waals surface area (Å²) in [4.78, 5) is 28.5. The van der Waals surface area contributed by atoms with Crippen molar-refractivity contribution in [3.63, 3.8) is 0 Å². The lowest BCUT2D eigenvalue weighted by atomic mass is 10.2. The van der Waals surface area contributed by atoms with E-state index >= 15 is 0 Å². The fourth-order valence-corrected chi connectivity index (χ4v) is 1.27. The van der Waals surface area contributed by atoms with Crippen LogP contribution in [0, 0.1) is 5.92 Å². The number of hydrogen-bond acceptors (Lipinski definition) is 5. The molecule has 0 spiro atoms. The van der Waals surface area contributed by atoms with Gasteiger partial charge in [-0.05, 0) is 6.08 Å². The lowest BCUT2D eigenvalue weighted by molar-refractivity contribution is -0.169. The molecular weight excluding hydrogens is 272 g/mol. The Bertz CT molecular complexity index is 416. The van der Waals surface area contributed by atoms with Crippen LogP contribution >= 0.6 is 0 Å². The van der Waals surface area contributed by atoms with Gasteiger partial charge in [0.1, 0.15) is 0 Å². The third kappa shape index (κ3) is 7.91. The topological polar surface area (TPSA) is 68.2 Å². The molecule has 6 heteroatoms. The number of allylic oxidation sites excluding steroid dienone is 1. The molecule has 0 aliphatic carbocycles. The molecule has 0 aliphatic heterocycles. The van der Waals surface area contributed by atoms with Gasteiger partial charge in [-0.25, -0.2) is 4.79 Å². The number of rotatable bonds is 8. The fraction of sp³-hybridized carbons (Fsp3) is 0.533. The Morgan fingerprint density at radius 2 is 1.86 bits per heavy atom. The smallest absolute Gasteiger partial charge is 0.412 e. The van der Waals surface area contributed by atoms with Crippen LogP contribution < -0.4 is 0 Å². The molecule has 1 unspecified atom stereocenters. The Morgan fingerprint density at radius 1 is 1.24 bits per heavy atom. The molecule has 0 aliphatic rings. The van der Waals surface area contributed by atoms with Gasteiger partial charge in [0, 0.05) is 38.8 Å². The Hall–Kier alpha value is -2.11. The number of ether oxygens (including phenoxy) is 2. The summed E-state index contributed by atoms with van der Waals surface area (Å²) in [6.45, 7) is 12.5. The van der Waals surface area contributed by atoms with Gasteiger partial charge in [0.15, 0.2) is 0 Å². The second kappa shape index (κ2) is 9.74. The van der Waals surface area contributed by atoms with Crippen LogP contribution in [0.25, 0.3) is 0 Å². The molecule has 0 heterocycles. The number of carbonyl (C=O) groups is 2. The number of aliphatic imine (C=N–C) groups is 1. The summed E-state index contributed by atoms with van der Waals surface area (Å²) in [5.41, 5.74) is 0.726. The standard InChI is InChI=1S/C15H24N2O4/c1-7-13(16-8-2)9-10-17(6)15(19)21-12(5)20-14(18)11(3)4/h7-8,11-12H,1-2,9-10H2,3-6H3. The molecule has 0 rings (SSSR count). The van der Waals surface area contributed by atoms with Crippen LogP contribution in [0.1, 0.15) is 27.2 Å². The average molecular weight is 296 g/mol. The van der Waals surface area contributed by atoms with Gasteiger partial charge in [-0.15, -0.1) is 0 Å². The maximum Gasteiger partial charge on any atom is 0.412 e. The Labute approximate surface area is 126 Å². The molecule has 0 aromatic heterocycles. The zero-order valence-corrected chi connectivity index (χ0v) is 13.2. The van der Waals surface area contributed by atoms with Gasteiger partial charge >= 0.3 is 12.1 Å². The van der Waals surface area contributed by atoms with Crippen molar-refractivity contribution in [3.8, 4) is 0 Å². The number of hydrogen-bond donors (Lipinski definition) is 0. The number of carbonyl (C=O) groups excluding carboxylic acids is 2. The zero-order valence-electron chi connectivity index (χ0n) is 13.2. The Morgan fingerprint density at radius 3 is 2.33 bits per heavy atom. The average Bonchev–Trinajstić information content (AvgIpc) is 2.42. The quantitative estimate of drug-likeness (QED) is 0.392. The molecule has 118 valence electrons. The Kier molecular flexibility index (Phi) is 8.76. The molecule has 1 amide bonds. The van der Waals surface area contributed by atoms with Crippen LogP contribution in [0.4, 0.5) is 4.79 Å². The summed E-state index contributed by atoms with van der Waals surface area (Å²) in [6.07, 6.45) is 2.06. The minimum atomic E-state index is -0.921. The lowest BCUT2D eigenvalue weighted by Gasteiger charge is -2.20. The van der Waals surface area contributed by atoms with E-state index in [2.05, 4.69) is 18.2 Å². The van der Waals surface area contributed by atoms with Gasteiger partial charge < -0.3 is 14.4 Å². The molecule has 0 N–H and O–H groups in total. The summed E-state index contributed by atoms with van der Waals surface area (Å²) in [5, 5.41) is 0. The molecule has 6 nitrogen and oxygen atoms in total. The first-order valence-corrected chi connectivity index (χ1v) is 6.74. The molecule has 0 aromatic rings. The molecule has 0 bridgehead atoms. The molecule has 0 saturated carbocycles. The third-order valence-corrected chi connectivity index (χ3v) is 2.53. The van der Waals surface area contributed by atoms with Crippen LogP contribution in [0.5, 0.6) is 0 Å². The number of amides is 1. The van der Waals surface area contributed by atoms with E-state index in [1.807, 2.05) is 0 Å². The van der Waals surface area contributed by atoms with E-state index in [1.54, 1.807) is 27.0 Å². The van der Waals surface area contributed by atoms with E-state index in [0.29, 0.717) is 13.0 Å². The summed E-state index contributed by atoms with van der Waals surface area (Å²) >= 11 is 0. The monoisotopic (exact) mass is 296 g/mol. The van der Waals surface area contributed by atoms with Gasteiger partial charge in [-0.3, -0.25) is 9.79 Å². The van der Waals surface area contributed by atoms with Crippen molar-refractivity contribution in [3.05, 3.63) is 25.4 Å². The predicted molar refractivity (Wildman–Crippen MR) is 81.9 cm³/mol. The van der Waals surface area contributed by atoms with Gasteiger partial charge in [0.2, 0.25) is 6.29 Å². The van der Waals surface area contributed by atoms with E-state index in [4.69, 9.17) is 9.47 Å². The third-order valence-electron chi connectivity index (χ3n) is 2.53. The van der Waals surface area contributed by atoms with Crippen molar-refractivity contribution >= 4 is 17.8 Å². The first-order valence-electron chi connectivity index (χ1n) is 6.74. The predicted octanol–water partition coefficient (Wildman–Crippen LogP) is 2.76. The first kappa shape index (κ1) is 18.9. The van der Waals surface area contributed by atoms with Crippen LogP contribution in [0.15, 0.2) is 30.4 Å². The summed E-state index contributed by atoms with van der Waals surface area (Å²) in [7, 11) is 1.59. The van der Waals surface area contributed by atoms with Crippen LogP contribution in [-0.2, 0) is 14.3 Å². The fourth-order valence-electron chi connectivity index (χ4n) is 1.27. The maximum atomic E-state index is 11.8. The molecule has 1 atom stereocenters. The highest BCUT2D eigenvalue weighted by atomic mass is 16.7. The molecular formula is C15H24N2O4. The summed E-state index contributed by atoms with van der Waals surface area (Å²) in [5.74, 6) is -0.681. The highest BCUT2D eigenvalue weighted by Crippen LogP contribution is 2.04. The van der Waals surface area contributed by atoms with E-state index in [1.165, 1.54) is 18.0 Å². The van der Waals surface area contributed by atoms with Gasteiger partial charge in [-0.1, -0.05) is 27.0 Å². The van der Waals surface area contributed by atoms with Crippen molar-refractivity contribution in [2.45, 2.75) is 33.5 Å². The SMILES string of the molecule is C=CN=C(C=C)CCN(C)C(=O)OC(C)OC(=O)C(C)C. The van der Waals surface area contributed by atoms with E-state index < -0.39 is 18.4 Å².